The molecule has 0 radical (unpaired) electrons. The molecule has 0 heterocycles. The standard InChI is InChI=1S/C70H120NO8P/c1-6-8-10-12-14-16-18-20-22-24-26-28-30-32-33-34-35-36-37-39-41-43-45-47-49-51-53-55-57-59-61-63-70(73)79-68(67-78-80(74,75)77-65-64-71(3,4)5)66-76-69(72)62-60-58-56-54-52-50-48-46-44-42-40-38-31-29-27-25-23-21-19-17-15-13-11-9-7-2/h8-11,14-17,20-23,26-29,32-33,38,40,68H,6-7,12-13,18-19,24-25,30-31,34-37,39,41-67H2,1-5H3/p+1/b10-8-,11-9-,16-14-,17-15-,22-20-,23-21-,28-26-,29-27-,33-32-,40-38-. The quantitative estimate of drug-likeness (QED) is 0.0211. The number of phosphoric acid groups is 1. The summed E-state index contributed by atoms with van der Waals surface area (Å²) in [6, 6.07) is 0. The fourth-order valence-corrected chi connectivity index (χ4v) is 9.34. The highest BCUT2D eigenvalue weighted by Gasteiger charge is 2.27. The number of allylic oxidation sites excluding steroid dienone is 20. The van der Waals surface area contributed by atoms with E-state index in [9.17, 15) is 19.0 Å². The van der Waals surface area contributed by atoms with Crippen LogP contribution in [0.3, 0.4) is 0 Å². The second kappa shape index (κ2) is 60.0. The van der Waals surface area contributed by atoms with E-state index in [4.69, 9.17) is 18.5 Å². The summed E-state index contributed by atoms with van der Waals surface area (Å²) in [5, 5.41) is 0. The average Bonchev–Trinajstić information content (AvgIpc) is 3.42. The summed E-state index contributed by atoms with van der Waals surface area (Å²) in [6.45, 7) is 4.21. The number of unbranched alkanes of at least 4 members (excludes halogenated alkanes) is 24. The van der Waals surface area contributed by atoms with Crippen LogP contribution in [0.25, 0.3) is 0 Å². The van der Waals surface area contributed by atoms with Gasteiger partial charge in [-0.15, -0.1) is 0 Å². The first-order chi connectivity index (χ1) is 39.0. The van der Waals surface area contributed by atoms with Crippen molar-refractivity contribution in [2.45, 2.75) is 264 Å². The molecular formula is C70H121NO8P+. The predicted molar refractivity (Wildman–Crippen MR) is 344 cm³/mol. The number of hydrogen-bond acceptors (Lipinski definition) is 7. The SMILES string of the molecule is CC/C=C\C/C=C\C/C=C\C/C=C\C/C=C\CCCCCCCCCCCCCCCCCC(=O)OC(COC(=O)CCCCCCCCCCC/C=C\C/C=C\C/C=C\C/C=C\C/C=C\CC)COP(=O)(O)OCC[N+](C)(C)C. The number of rotatable bonds is 58. The van der Waals surface area contributed by atoms with E-state index in [1.165, 1.54) is 109 Å². The van der Waals surface area contributed by atoms with Crippen LogP contribution in [-0.2, 0) is 32.7 Å². The minimum absolute atomic E-state index is 0.0256. The monoisotopic (exact) mass is 1130 g/mol. The van der Waals surface area contributed by atoms with Crippen LogP contribution >= 0.6 is 7.82 Å². The fraction of sp³-hybridized carbons (Fsp3) is 0.686. The molecule has 2 unspecified atom stereocenters. The summed E-state index contributed by atoms with van der Waals surface area (Å²) in [7, 11) is 1.46. The van der Waals surface area contributed by atoms with Gasteiger partial charge in [0.25, 0.3) is 0 Å². The molecule has 80 heavy (non-hydrogen) atoms. The van der Waals surface area contributed by atoms with Crippen LogP contribution in [0.2, 0.25) is 0 Å². The summed E-state index contributed by atoms with van der Waals surface area (Å²) in [6.07, 6.45) is 85.6. The van der Waals surface area contributed by atoms with Crippen molar-refractivity contribution in [3.8, 4) is 0 Å². The molecule has 458 valence electrons. The van der Waals surface area contributed by atoms with Crippen molar-refractivity contribution >= 4 is 19.8 Å². The smallest absolute Gasteiger partial charge is 0.462 e. The van der Waals surface area contributed by atoms with E-state index in [1.807, 2.05) is 21.1 Å². The Balaban J connectivity index is 4.12. The van der Waals surface area contributed by atoms with Gasteiger partial charge in [-0.1, -0.05) is 264 Å². The second-order valence-corrected chi connectivity index (χ2v) is 23.8. The lowest BCUT2D eigenvalue weighted by Gasteiger charge is -2.24. The number of quaternary nitrogens is 1. The van der Waals surface area contributed by atoms with Gasteiger partial charge in [0.15, 0.2) is 6.10 Å². The van der Waals surface area contributed by atoms with Crippen molar-refractivity contribution in [1.82, 2.24) is 0 Å². The minimum atomic E-state index is -4.40. The summed E-state index contributed by atoms with van der Waals surface area (Å²) in [5.41, 5.74) is 0. The molecule has 2 atom stereocenters. The van der Waals surface area contributed by atoms with Gasteiger partial charge in [-0.25, -0.2) is 4.57 Å². The summed E-state index contributed by atoms with van der Waals surface area (Å²) in [5.74, 6) is -0.806. The van der Waals surface area contributed by atoms with Crippen LogP contribution in [0.1, 0.15) is 258 Å². The van der Waals surface area contributed by atoms with Crippen LogP contribution < -0.4 is 0 Å². The highest BCUT2D eigenvalue weighted by Crippen LogP contribution is 2.43. The van der Waals surface area contributed by atoms with Gasteiger partial charge in [0.05, 0.1) is 27.7 Å². The number of hydrogen-bond donors (Lipinski definition) is 1. The van der Waals surface area contributed by atoms with Crippen LogP contribution in [0, 0.1) is 0 Å². The molecule has 0 aliphatic carbocycles. The summed E-state index contributed by atoms with van der Waals surface area (Å²) >= 11 is 0. The van der Waals surface area contributed by atoms with E-state index in [2.05, 4.69) is 135 Å². The number of carbonyl (C=O) groups excluding carboxylic acids is 2. The van der Waals surface area contributed by atoms with E-state index < -0.39 is 26.5 Å². The maximum Gasteiger partial charge on any atom is 0.472 e. The van der Waals surface area contributed by atoms with Gasteiger partial charge in [-0.3, -0.25) is 18.6 Å². The van der Waals surface area contributed by atoms with E-state index in [0.717, 1.165) is 116 Å². The summed E-state index contributed by atoms with van der Waals surface area (Å²) in [4.78, 5) is 35.8. The number of likely N-dealkylation sites (N-methyl/N-ethyl adjacent to an activating group) is 1. The Kier molecular flexibility index (Phi) is 57.3. The van der Waals surface area contributed by atoms with Gasteiger partial charge < -0.3 is 18.9 Å². The molecule has 0 aromatic carbocycles. The highest BCUT2D eigenvalue weighted by atomic mass is 31.2. The molecule has 0 aliphatic heterocycles. The fourth-order valence-electron chi connectivity index (χ4n) is 8.60. The van der Waals surface area contributed by atoms with Crippen LogP contribution in [0.5, 0.6) is 0 Å². The Hall–Kier alpha value is -3.59. The zero-order valence-corrected chi connectivity index (χ0v) is 52.9. The number of nitrogens with zero attached hydrogens (tertiary/aromatic N) is 1. The minimum Gasteiger partial charge on any atom is -0.462 e. The topological polar surface area (TPSA) is 108 Å². The molecule has 0 saturated heterocycles. The van der Waals surface area contributed by atoms with Crippen molar-refractivity contribution in [1.29, 1.82) is 0 Å². The second-order valence-electron chi connectivity index (χ2n) is 22.4. The molecule has 0 rings (SSSR count). The van der Waals surface area contributed by atoms with Crippen molar-refractivity contribution in [3.63, 3.8) is 0 Å². The molecule has 0 fully saturated rings. The van der Waals surface area contributed by atoms with Gasteiger partial charge in [-0.05, 0) is 103 Å². The predicted octanol–water partition coefficient (Wildman–Crippen LogP) is 20.7. The number of phosphoric ester groups is 1. The van der Waals surface area contributed by atoms with Crippen LogP contribution in [0.4, 0.5) is 0 Å². The number of esters is 2. The maximum atomic E-state index is 12.9. The average molecular weight is 1140 g/mol. The van der Waals surface area contributed by atoms with E-state index >= 15 is 0 Å². The third kappa shape index (κ3) is 63.6. The zero-order chi connectivity index (χ0) is 58.4. The zero-order valence-electron chi connectivity index (χ0n) is 52.0. The first kappa shape index (κ1) is 76.4. The lowest BCUT2D eigenvalue weighted by atomic mass is 10.0. The molecule has 0 saturated carbocycles. The molecule has 0 spiro atoms. The van der Waals surface area contributed by atoms with Crippen LogP contribution in [0.15, 0.2) is 122 Å². The lowest BCUT2D eigenvalue weighted by Crippen LogP contribution is -2.37. The van der Waals surface area contributed by atoms with Crippen molar-refractivity contribution in [2.24, 2.45) is 0 Å². The number of carbonyl (C=O) groups is 2. The first-order valence-electron chi connectivity index (χ1n) is 32.3. The largest absolute Gasteiger partial charge is 0.472 e. The Bertz CT molecular complexity index is 1760. The molecule has 9 nitrogen and oxygen atoms in total. The highest BCUT2D eigenvalue weighted by molar-refractivity contribution is 7.47. The Morgan fingerprint density at radius 1 is 0.388 bits per heavy atom. The van der Waals surface area contributed by atoms with Gasteiger partial charge >= 0.3 is 19.8 Å². The Labute approximate surface area is 492 Å². The molecule has 10 heteroatoms. The van der Waals surface area contributed by atoms with E-state index in [1.54, 1.807) is 0 Å². The third-order valence-corrected chi connectivity index (χ3v) is 14.5. The molecule has 0 aliphatic rings. The van der Waals surface area contributed by atoms with E-state index in [0.29, 0.717) is 17.4 Å². The van der Waals surface area contributed by atoms with Crippen molar-refractivity contribution in [3.05, 3.63) is 122 Å². The lowest BCUT2D eigenvalue weighted by molar-refractivity contribution is -0.870. The molecule has 0 bridgehead atoms. The maximum absolute atomic E-state index is 12.9. The van der Waals surface area contributed by atoms with Crippen molar-refractivity contribution < 1.29 is 42.1 Å². The van der Waals surface area contributed by atoms with Gasteiger partial charge in [0, 0.05) is 12.8 Å². The van der Waals surface area contributed by atoms with Crippen molar-refractivity contribution in [2.75, 3.05) is 47.5 Å². The molecular weight excluding hydrogens is 1010 g/mol. The number of ether oxygens (including phenoxy) is 2. The molecule has 1 N–H and O–H groups in total. The first-order valence-corrected chi connectivity index (χ1v) is 33.8. The Morgan fingerprint density at radius 3 is 1.00 bits per heavy atom. The molecule has 0 aromatic rings. The molecule has 0 amide bonds. The van der Waals surface area contributed by atoms with Gasteiger partial charge in [0.2, 0.25) is 0 Å². The van der Waals surface area contributed by atoms with E-state index in [-0.39, 0.29) is 32.0 Å². The van der Waals surface area contributed by atoms with Gasteiger partial charge in [0.1, 0.15) is 19.8 Å². The Morgan fingerprint density at radius 2 is 0.675 bits per heavy atom. The molecule has 0 aromatic heterocycles. The van der Waals surface area contributed by atoms with Gasteiger partial charge in [-0.2, -0.15) is 0 Å². The normalized spacial score (nSPS) is 14.0. The summed E-state index contributed by atoms with van der Waals surface area (Å²) < 4.78 is 34.7. The third-order valence-electron chi connectivity index (χ3n) is 13.5. The van der Waals surface area contributed by atoms with Crippen LogP contribution in [-0.4, -0.2) is 74.9 Å².